The molecule has 0 saturated carbocycles. The van der Waals surface area contributed by atoms with E-state index in [4.69, 9.17) is 11.6 Å². The average molecular weight is 290 g/mol. The van der Waals surface area contributed by atoms with Gasteiger partial charge in [-0.05, 0) is 40.8 Å². The van der Waals surface area contributed by atoms with E-state index >= 15 is 0 Å². The van der Waals surface area contributed by atoms with Gasteiger partial charge in [0.2, 0.25) is 0 Å². The van der Waals surface area contributed by atoms with Gasteiger partial charge < -0.3 is 5.32 Å². The topological polar surface area (TPSA) is 55.6 Å². The van der Waals surface area contributed by atoms with E-state index in [1.807, 2.05) is 30.3 Å². The van der Waals surface area contributed by atoms with Crippen molar-refractivity contribution in [2.45, 2.75) is 0 Å². The Hall–Kier alpha value is -2.47. The summed E-state index contributed by atoms with van der Waals surface area (Å²) in [6.07, 6.45) is 0. The highest BCUT2D eigenvalue weighted by Crippen LogP contribution is 2.22. The minimum absolute atomic E-state index is 0.0359. The first-order valence-corrected chi connectivity index (χ1v) is 6.18. The molecule has 0 aliphatic rings. The van der Waals surface area contributed by atoms with E-state index in [1.165, 1.54) is 16.8 Å². The number of benzene rings is 2. The highest BCUT2D eigenvalue weighted by atomic mass is 35.5. The van der Waals surface area contributed by atoms with Crippen LogP contribution in [0.1, 0.15) is 0 Å². The number of hydrogen-bond donors (Lipinski definition) is 1. The summed E-state index contributed by atoms with van der Waals surface area (Å²) in [4.78, 5) is 0. The van der Waals surface area contributed by atoms with Crippen LogP contribution in [0, 0.1) is 5.82 Å². The molecule has 0 atom stereocenters. The van der Waals surface area contributed by atoms with Crippen molar-refractivity contribution in [2.24, 2.45) is 0 Å². The zero-order chi connectivity index (χ0) is 13.9. The van der Waals surface area contributed by atoms with Gasteiger partial charge in [-0.1, -0.05) is 34.9 Å². The van der Waals surface area contributed by atoms with Crippen LogP contribution in [0.4, 0.5) is 16.0 Å². The Bertz CT molecular complexity index is 729. The number of nitrogens with zero attached hydrogens (tertiary/aromatic N) is 4. The lowest BCUT2D eigenvalue weighted by Gasteiger charge is -2.07. The monoisotopic (exact) mass is 289 g/mol. The van der Waals surface area contributed by atoms with E-state index < -0.39 is 5.82 Å². The second-order valence-electron chi connectivity index (χ2n) is 4.00. The SMILES string of the molecule is Fc1ccc(Nc2nnnn2-c2ccccc2)cc1Cl. The normalized spacial score (nSPS) is 10.5. The second-order valence-corrected chi connectivity index (χ2v) is 4.41. The standard InChI is InChI=1S/C13H9ClFN5/c14-11-8-9(6-7-12(11)15)16-13-17-18-19-20(13)10-4-2-1-3-5-10/h1-8H,(H,16,17,19). The van der Waals surface area contributed by atoms with Crippen molar-refractivity contribution in [3.05, 3.63) is 59.4 Å². The van der Waals surface area contributed by atoms with Crippen LogP contribution < -0.4 is 5.32 Å². The fourth-order valence-corrected chi connectivity index (χ4v) is 1.89. The number of para-hydroxylation sites is 1. The van der Waals surface area contributed by atoms with Gasteiger partial charge in [-0.2, -0.15) is 4.68 Å². The molecule has 0 unspecified atom stereocenters. The first-order chi connectivity index (χ1) is 9.74. The summed E-state index contributed by atoms with van der Waals surface area (Å²) < 4.78 is 14.7. The van der Waals surface area contributed by atoms with Crippen LogP contribution in [0.25, 0.3) is 5.69 Å². The third-order valence-electron chi connectivity index (χ3n) is 2.65. The number of anilines is 2. The van der Waals surface area contributed by atoms with Crippen molar-refractivity contribution in [1.29, 1.82) is 0 Å². The van der Waals surface area contributed by atoms with Crippen molar-refractivity contribution in [3.8, 4) is 5.69 Å². The highest BCUT2D eigenvalue weighted by molar-refractivity contribution is 6.31. The first-order valence-electron chi connectivity index (χ1n) is 5.80. The zero-order valence-corrected chi connectivity index (χ0v) is 10.9. The number of nitrogens with one attached hydrogen (secondary N) is 1. The molecule has 0 amide bonds. The minimum Gasteiger partial charge on any atom is -0.323 e. The molecule has 0 spiro atoms. The first kappa shape index (κ1) is 12.6. The summed E-state index contributed by atoms with van der Waals surface area (Å²) in [6.45, 7) is 0. The van der Waals surface area contributed by atoms with Crippen LogP contribution >= 0.6 is 11.6 Å². The molecule has 3 rings (SSSR count). The van der Waals surface area contributed by atoms with Crippen LogP contribution in [0.15, 0.2) is 48.5 Å². The highest BCUT2D eigenvalue weighted by Gasteiger charge is 2.09. The number of aromatic nitrogens is 4. The predicted octanol–water partition coefficient (Wildman–Crippen LogP) is 3.20. The molecule has 1 aromatic heterocycles. The van der Waals surface area contributed by atoms with E-state index in [9.17, 15) is 4.39 Å². The van der Waals surface area contributed by atoms with Gasteiger partial charge in [-0.15, -0.1) is 0 Å². The van der Waals surface area contributed by atoms with Crippen LogP contribution in [0.5, 0.6) is 0 Å². The molecule has 1 heterocycles. The molecule has 3 aromatic rings. The lowest BCUT2D eigenvalue weighted by atomic mass is 10.3. The van der Waals surface area contributed by atoms with E-state index in [0.717, 1.165) is 5.69 Å². The number of halogens is 2. The maximum absolute atomic E-state index is 13.1. The minimum atomic E-state index is -0.472. The molecule has 0 saturated heterocycles. The summed E-state index contributed by atoms with van der Waals surface area (Å²) in [5, 5.41) is 14.5. The fourth-order valence-electron chi connectivity index (χ4n) is 1.71. The molecule has 5 nitrogen and oxygen atoms in total. The number of rotatable bonds is 3. The van der Waals surface area contributed by atoms with Gasteiger partial charge in [0.1, 0.15) is 5.82 Å². The Morgan fingerprint density at radius 1 is 1.10 bits per heavy atom. The zero-order valence-electron chi connectivity index (χ0n) is 10.2. The second kappa shape index (κ2) is 5.26. The van der Waals surface area contributed by atoms with Crippen LogP contribution in [0.2, 0.25) is 5.02 Å². The third-order valence-corrected chi connectivity index (χ3v) is 2.94. The summed E-state index contributed by atoms with van der Waals surface area (Å²) in [5.41, 5.74) is 1.41. The van der Waals surface area contributed by atoms with Gasteiger partial charge in [0, 0.05) is 5.69 Å². The smallest absolute Gasteiger partial charge is 0.252 e. The number of hydrogen-bond acceptors (Lipinski definition) is 4. The Labute approximate surface area is 119 Å². The molecule has 1 N–H and O–H groups in total. The van der Waals surface area contributed by atoms with Gasteiger partial charge in [-0.25, -0.2) is 4.39 Å². The van der Waals surface area contributed by atoms with Gasteiger partial charge >= 0.3 is 0 Å². The van der Waals surface area contributed by atoms with Crippen LogP contribution in [0.3, 0.4) is 0 Å². The van der Waals surface area contributed by atoms with Crippen molar-refractivity contribution < 1.29 is 4.39 Å². The molecular formula is C13H9ClFN5. The van der Waals surface area contributed by atoms with Crippen molar-refractivity contribution in [2.75, 3.05) is 5.32 Å². The summed E-state index contributed by atoms with van der Waals surface area (Å²) in [6, 6.07) is 13.7. The Balaban J connectivity index is 1.92. The fraction of sp³-hybridized carbons (Fsp3) is 0. The quantitative estimate of drug-likeness (QED) is 0.804. The Morgan fingerprint density at radius 3 is 2.65 bits per heavy atom. The van der Waals surface area contributed by atoms with Gasteiger partial charge in [0.25, 0.3) is 5.95 Å². The molecule has 0 aliphatic heterocycles. The molecule has 0 fully saturated rings. The predicted molar refractivity (Wildman–Crippen MR) is 73.8 cm³/mol. The Morgan fingerprint density at radius 2 is 1.90 bits per heavy atom. The van der Waals surface area contributed by atoms with Crippen molar-refractivity contribution >= 4 is 23.2 Å². The molecule has 0 aliphatic carbocycles. The number of tetrazole rings is 1. The lowest BCUT2D eigenvalue weighted by Crippen LogP contribution is -2.03. The van der Waals surface area contributed by atoms with Gasteiger partial charge in [-0.3, -0.25) is 0 Å². The van der Waals surface area contributed by atoms with Crippen molar-refractivity contribution in [1.82, 2.24) is 20.2 Å². The largest absolute Gasteiger partial charge is 0.323 e. The molecule has 0 bridgehead atoms. The van der Waals surface area contributed by atoms with Crippen molar-refractivity contribution in [3.63, 3.8) is 0 Å². The lowest BCUT2D eigenvalue weighted by molar-refractivity contribution is 0.628. The molecule has 2 aromatic carbocycles. The molecule has 100 valence electrons. The van der Waals surface area contributed by atoms with Gasteiger partial charge in [0.15, 0.2) is 0 Å². The van der Waals surface area contributed by atoms with E-state index in [1.54, 1.807) is 6.07 Å². The molecule has 20 heavy (non-hydrogen) atoms. The van der Waals surface area contributed by atoms with Crippen LogP contribution in [-0.2, 0) is 0 Å². The Kier molecular flexibility index (Phi) is 3.30. The molecule has 7 heteroatoms. The molecule has 0 radical (unpaired) electrons. The van der Waals surface area contributed by atoms with E-state index in [2.05, 4.69) is 20.8 Å². The average Bonchev–Trinajstić information content (AvgIpc) is 2.92. The third kappa shape index (κ3) is 2.46. The van der Waals surface area contributed by atoms with E-state index in [0.29, 0.717) is 11.6 Å². The maximum atomic E-state index is 13.1. The summed E-state index contributed by atoms with van der Waals surface area (Å²) in [5.74, 6) is -0.0567. The summed E-state index contributed by atoms with van der Waals surface area (Å²) >= 11 is 5.74. The maximum Gasteiger partial charge on any atom is 0.252 e. The van der Waals surface area contributed by atoms with Crippen LogP contribution in [-0.4, -0.2) is 20.2 Å². The van der Waals surface area contributed by atoms with Gasteiger partial charge in [0.05, 0.1) is 10.7 Å². The van der Waals surface area contributed by atoms with E-state index in [-0.39, 0.29) is 5.02 Å². The summed E-state index contributed by atoms with van der Waals surface area (Å²) in [7, 11) is 0. The molecular weight excluding hydrogens is 281 g/mol.